The smallest absolute Gasteiger partial charge is 0.163 e. The minimum Gasteiger partial charge on any atom is -0.294 e. The van der Waals surface area contributed by atoms with Gasteiger partial charge in [-0.15, -0.1) is 0 Å². The van der Waals surface area contributed by atoms with Crippen LogP contribution < -0.4 is 0 Å². The highest BCUT2D eigenvalue weighted by molar-refractivity contribution is 7.08. The van der Waals surface area contributed by atoms with Gasteiger partial charge in [-0.05, 0) is 54.1 Å². The zero-order valence-corrected chi connectivity index (χ0v) is 8.33. The van der Waals surface area contributed by atoms with Gasteiger partial charge in [0.05, 0.1) is 5.92 Å². The van der Waals surface area contributed by atoms with Crippen LogP contribution in [0.3, 0.4) is 0 Å². The van der Waals surface area contributed by atoms with E-state index in [0.29, 0.717) is 0 Å². The summed E-state index contributed by atoms with van der Waals surface area (Å²) in [5.74, 6) is 0.803. The highest BCUT2D eigenvalue weighted by Crippen LogP contribution is 2.24. The summed E-state index contributed by atoms with van der Waals surface area (Å²) in [6.07, 6.45) is 10.8. The molecule has 0 atom stereocenters. The second-order valence-electron chi connectivity index (χ2n) is 2.93. The van der Waals surface area contributed by atoms with Gasteiger partial charge in [-0.1, -0.05) is 6.08 Å². The number of allylic oxidation sites excluding steroid dienone is 1. The molecule has 1 heterocycles. The van der Waals surface area contributed by atoms with Crippen molar-refractivity contribution in [1.82, 2.24) is 0 Å². The Kier molecular flexibility index (Phi) is 3.14. The fraction of sp³-hybridized carbons (Fsp3) is 0. The lowest BCUT2D eigenvalue weighted by atomic mass is 10.0. The molecule has 0 spiro atoms. The number of carbonyl (C=O) groups excluding carboxylic acids is 1. The molecule has 1 fully saturated rings. The predicted octanol–water partition coefficient (Wildman–Crippen LogP) is 2.74. The normalized spacial score (nSPS) is 18.0. The fourth-order valence-electron chi connectivity index (χ4n) is 1.18. The predicted molar refractivity (Wildman–Crippen MR) is 58.8 cm³/mol. The molecule has 14 heavy (non-hydrogen) atoms. The third-order valence-electron chi connectivity index (χ3n) is 1.92. The summed E-state index contributed by atoms with van der Waals surface area (Å²) in [6, 6.07) is 1.99. The van der Waals surface area contributed by atoms with E-state index in [9.17, 15) is 4.79 Å². The Hall–Kier alpha value is -0.890. The van der Waals surface area contributed by atoms with Crippen molar-refractivity contribution in [3.8, 4) is 0 Å². The van der Waals surface area contributed by atoms with E-state index in [-0.39, 0.29) is 5.78 Å². The number of hydrogen-bond donors (Lipinski definition) is 0. The average molecular weight is 201 g/mol. The molecule has 0 bridgehead atoms. The first-order valence-electron chi connectivity index (χ1n) is 4.32. The largest absolute Gasteiger partial charge is 0.294 e. The molecule has 1 aromatic heterocycles. The number of hydrogen-bond acceptors (Lipinski definition) is 2. The summed E-state index contributed by atoms with van der Waals surface area (Å²) in [6.45, 7) is 0. The lowest BCUT2D eigenvalue weighted by molar-refractivity contribution is -0.112. The van der Waals surface area contributed by atoms with Crippen molar-refractivity contribution in [3.05, 3.63) is 60.1 Å². The highest BCUT2D eigenvalue weighted by atomic mass is 32.1. The van der Waals surface area contributed by atoms with Crippen LogP contribution in [-0.4, -0.2) is 5.78 Å². The van der Waals surface area contributed by atoms with Crippen molar-refractivity contribution in [2.75, 3.05) is 0 Å². The van der Waals surface area contributed by atoms with Crippen LogP contribution in [-0.2, 0) is 4.79 Å². The molecule has 1 aliphatic rings. The summed E-state index contributed by atoms with van der Waals surface area (Å²) in [5, 5.41) is 4.00. The van der Waals surface area contributed by atoms with E-state index in [0.717, 1.165) is 11.5 Å². The summed E-state index contributed by atoms with van der Waals surface area (Å²) in [5.41, 5.74) is 1.08. The van der Waals surface area contributed by atoms with Gasteiger partial charge >= 0.3 is 0 Å². The lowest BCUT2D eigenvalue weighted by Gasteiger charge is -1.99. The second kappa shape index (κ2) is 4.56. The molecule has 2 rings (SSSR count). The summed E-state index contributed by atoms with van der Waals surface area (Å²) >= 11 is 1.63. The molecule has 69 valence electrons. The number of ketones is 1. The van der Waals surface area contributed by atoms with Crippen molar-refractivity contribution in [1.29, 1.82) is 0 Å². The van der Waals surface area contributed by atoms with E-state index in [1.165, 1.54) is 0 Å². The molecule has 5 radical (unpaired) electrons. The summed E-state index contributed by atoms with van der Waals surface area (Å²) in [7, 11) is 0. The molecule has 1 saturated carbocycles. The van der Waals surface area contributed by atoms with Crippen molar-refractivity contribution in [2.45, 2.75) is 0 Å². The highest BCUT2D eigenvalue weighted by Gasteiger charge is 2.22. The molecular weight excluding hydrogens is 192 g/mol. The van der Waals surface area contributed by atoms with E-state index in [1.54, 1.807) is 17.4 Å². The SMILES string of the molecule is O=C(/C=C/c1ccsc1)[C]1[CH][CH][CH][CH]1. The first kappa shape index (κ1) is 9.66. The lowest BCUT2D eigenvalue weighted by Crippen LogP contribution is -2.05. The minimum atomic E-state index is 0.0567. The van der Waals surface area contributed by atoms with Crippen molar-refractivity contribution < 1.29 is 4.79 Å². The second-order valence-corrected chi connectivity index (χ2v) is 3.71. The van der Waals surface area contributed by atoms with Crippen LogP contribution in [0.15, 0.2) is 22.9 Å². The van der Waals surface area contributed by atoms with Gasteiger partial charge in [0, 0.05) is 0 Å². The van der Waals surface area contributed by atoms with Gasteiger partial charge in [-0.25, -0.2) is 0 Å². The molecule has 0 aliphatic heterocycles. The van der Waals surface area contributed by atoms with Crippen LogP contribution in [0.25, 0.3) is 6.08 Å². The van der Waals surface area contributed by atoms with Crippen LogP contribution in [0.1, 0.15) is 5.56 Å². The van der Waals surface area contributed by atoms with Crippen LogP contribution in [0.2, 0.25) is 0 Å². The molecular formula is C12H9OS. The van der Waals surface area contributed by atoms with Crippen LogP contribution in [0.5, 0.6) is 0 Å². The van der Waals surface area contributed by atoms with Crippen LogP contribution in [0.4, 0.5) is 0 Å². The van der Waals surface area contributed by atoms with Gasteiger partial charge < -0.3 is 0 Å². The monoisotopic (exact) mass is 201 g/mol. The Labute approximate surface area is 88.5 Å². The average Bonchev–Trinajstić information content (AvgIpc) is 2.87. The Morgan fingerprint density at radius 3 is 2.71 bits per heavy atom. The van der Waals surface area contributed by atoms with Gasteiger partial charge in [0.2, 0.25) is 0 Å². The van der Waals surface area contributed by atoms with E-state index >= 15 is 0 Å². The Morgan fingerprint density at radius 2 is 2.07 bits per heavy atom. The third-order valence-corrected chi connectivity index (χ3v) is 2.62. The molecule has 0 aromatic carbocycles. The molecule has 1 nitrogen and oxygen atoms in total. The van der Waals surface area contributed by atoms with Gasteiger partial charge in [0.15, 0.2) is 5.78 Å². The Balaban J connectivity index is 1.93. The molecule has 0 N–H and O–H groups in total. The van der Waals surface area contributed by atoms with Gasteiger partial charge in [0.25, 0.3) is 0 Å². The minimum absolute atomic E-state index is 0.0567. The fourth-order valence-corrected chi connectivity index (χ4v) is 1.80. The maximum Gasteiger partial charge on any atom is 0.163 e. The molecule has 1 aliphatic carbocycles. The zero-order valence-electron chi connectivity index (χ0n) is 7.51. The van der Waals surface area contributed by atoms with Crippen molar-refractivity contribution in [2.24, 2.45) is 0 Å². The zero-order chi connectivity index (χ0) is 9.80. The Bertz CT molecular complexity index is 318. The molecule has 2 heteroatoms. The first-order valence-corrected chi connectivity index (χ1v) is 5.27. The van der Waals surface area contributed by atoms with Crippen LogP contribution >= 0.6 is 11.3 Å². The number of thiophene rings is 1. The van der Waals surface area contributed by atoms with Gasteiger partial charge in [-0.2, -0.15) is 11.3 Å². The summed E-state index contributed by atoms with van der Waals surface area (Å²) < 4.78 is 0. The topological polar surface area (TPSA) is 17.1 Å². The van der Waals surface area contributed by atoms with Crippen molar-refractivity contribution >= 4 is 23.2 Å². The first-order chi connectivity index (χ1) is 6.86. The standard InChI is InChI=1S/C12H9OS/c13-12(11-3-1-2-4-11)6-5-10-7-8-14-9-10/h1-9H/b6-5+. The molecule has 0 saturated heterocycles. The summed E-state index contributed by atoms with van der Waals surface area (Å²) in [4.78, 5) is 11.5. The van der Waals surface area contributed by atoms with Gasteiger partial charge in [-0.3, -0.25) is 4.79 Å². The third kappa shape index (κ3) is 2.32. The van der Waals surface area contributed by atoms with E-state index in [2.05, 4.69) is 0 Å². The van der Waals surface area contributed by atoms with E-state index in [4.69, 9.17) is 0 Å². The number of rotatable bonds is 3. The van der Waals surface area contributed by atoms with E-state index in [1.807, 2.05) is 48.6 Å². The van der Waals surface area contributed by atoms with E-state index < -0.39 is 0 Å². The maximum atomic E-state index is 11.5. The molecule has 0 unspecified atom stereocenters. The molecule has 0 amide bonds. The molecule has 1 aromatic rings. The quantitative estimate of drug-likeness (QED) is 0.687. The van der Waals surface area contributed by atoms with Crippen LogP contribution in [0, 0.1) is 31.6 Å². The Morgan fingerprint density at radius 1 is 1.29 bits per heavy atom. The van der Waals surface area contributed by atoms with Crippen molar-refractivity contribution in [3.63, 3.8) is 0 Å². The maximum absolute atomic E-state index is 11.5. The van der Waals surface area contributed by atoms with Gasteiger partial charge in [0.1, 0.15) is 0 Å². The number of carbonyl (C=O) groups is 1.